The lowest BCUT2D eigenvalue weighted by Crippen LogP contribution is -2.13. The molecule has 0 saturated carbocycles. The van der Waals surface area contributed by atoms with E-state index in [-0.39, 0.29) is 5.91 Å². The van der Waals surface area contributed by atoms with Crippen LogP contribution in [0.25, 0.3) is 0 Å². The first-order chi connectivity index (χ1) is 12.4. The number of nitrogens with zero attached hydrogens (tertiary/aromatic N) is 2. The van der Waals surface area contributed by atoms with E-state index in [0.29, 0.717) is 12.2 Å². The number of ether oxygens (including phenoxy) is 1. The Morgan fingerprint density at radius 1 is 1.12 bits per heavy atom. The third-order valence-electron chi connectivity index (χ3n) is 4.48. The summed E-state index contributed by atoms with van der Waals surface area (Å²) >= 11 is 0. The van der Waals surface area contributed by atoms with Gasteiger partial charge in [0.2, 0.25) is 0 Å². The second-order valence-electron chi connectivity index (χ2n) is 6.43. The SMILES string of the molecule is Cc1cccc(NC(=O)c2ccc(OCc3cn(C)nc3C)cc2)c1C. The number of nitrogens with one attached hydrogen (secondary N) is 1. The number of benzene rings is 2. The molecule has 3 rings (SSSR count). The Morgan fingerprint density at radius 2 is 1.85 bits per heavy atom. The first kappa shape index (κ1) is 17.7. The van der Waals surface area contributed by atoms with Crippen LogP contribution >= 0.6 is 0 Å². The third-order valence-corrected chi connectivity index (χ3v) is 4.48. The Morgan fingerprint density at radius 3 is 2.50 bits per heavy atom. The van der Waals surface area contributed by atoms with E-state index in [4.69, 9.17) is 4.74 Å². The number of aryl methyl sites for hydroxylation is 3. The zero-order valence-electron chi connectivity index (χ0n) is 15.5. The maximum Gasteiger partial charge on any atom is 0.255 e. The molecule has 134 valence electrons. The van der Waals surface area contributed by atoms with E-state index in [1.165, 1.54) is 0 Å². The van der Waals surface area contributed by atoms with Crippen molar-refractivity contribution >= 4 is 11.6 Å². The van der Waals surface area contributed by atoms with Gasteiger partial charge >= 0.3 is 0 Å². The van der Waals surface area contributed by atoms with Gasteiger partial charge in [0.15, 0.2) is 0 Å². The summed E-state index contributed by atoms with van der Waals surface area (Å²) in [6.45, 7) is 6.44. The van der Waals surface area contributed by atoms with E-state index in [0.717, 1.165) is 33.8 Å². The summed E-state index contributed by atoms with van der Waals surface area (Å²) in [5, 5.41) is 7.26. The van der Waals surface area contributed by atoms with E-state index in [1.54, 1.807) is 16.8 Å². The molecule has 2 aromatic carbocycles. The molecule has 0 saturated heterocycles. The molecule has 3 aromatic rings. The van der Waals surface area contributed by atoms with Gasteiger partial charge in [-0.25, -0.2) is 0 Å². The van der Waals surface area contributed by atoms with Gasteiger partial charge in [-0.05, 0) is 62.2 Å². The Kier molecular flexibility index (Phi) is 5.07. The maximum absolute atomic E-state index is 12.5. The second kappa shape index (κ2) is 7.44. The number of anilines is 1. The van der Waals surface area contributed by atoms with Crippen molar-refractivity contribution in [2.24, 2.45) is 7.05 Å². The first-order valence-corrected chi connectivity index (χ1v) is 8.53. The van der Waals surface area contributed by atoms with Crippen molar-refractivity contribution in [2.45, 2.75) is 27.4 Å². The van der Waals surface area contributed by atoms with Gasteiger partial charge in [0.05, 0.1) is 5.69 Å². The Bertz CT molecular complexity index is 927. The highest BCUT2D eigenvalue weighted by atomic mass is 16.5. The van der Waals surface area contributed by atoms with Crippen LogP contribution in [-0.4, -0.2) is 15.7 Å². The molecular weight excluding hydrogens is 326 g/mol. The average Bonchev–Trinajstić information content (AvgIpc) is 2.95. The number of aromatic nitrogens is 2. The van der Waals surface area contributed by atoms with Crippen LogP contribution in [0.2, 0.25) is 0 Å². The van der Waals surface area contributed by atoms with E-state index >= 15 is 0 Å². The molecule has 1 aromatic heterocycles. The fourth-order valence-electron chi connectivity index (χ4n) is 2.73. The van der Waals surface area contributed by atoms with Crippen LogP contribution < -0.4 is 10.1 Å². The van der Waals surface area contributed by atoms with Gasteiger partial charge in [0.25, 0.3) is 5.91 Å². The molecule has 0 fully saturated rings. The molecule has 0 aliphatic rings. The lowest BCUT2D eigenvalue weighted by atomic mass is 10.1. The zero-order valence-corrected chi connectivity index (χ0v) is 15.5. The molecule has 1 amide bonds. The maximum atomic E-state index is 12.5. The van der Waals surface area contributed by atoms with Crippen LogP contribution in [0.4, 0.5) is 5.69 Å². The normalized spacial score (nSPS) is 10.6. The highest BCUT2D eigenvalue weighted by molar-refractivity contribution is 6.04. The fourth-order valence-corrected chi connectivity index (χ4v) is 2.73. The van der Waals surface area contributed by atoms with Crippen molar-refractivity contribution in [3.05, 3.63) is 76.6 Å². The number of rotatable bonds is 5. The number of carbonyl (C=O) groups excluding carboxylic acids is 1. The van der Waals surface area contributed by atoms with Crippen molar-refractivity contribution in [1.82, 2.24) is 9.78 Å². The number of carbonyl (C=O) groups is 1. The summed E-state index contributed by atoms with van der Waals surface area (Å²) < 4.78 is 7.56. The Labute approximate surface area is 153 Å². The van der Waals surface area contributed by atoms with E-state index in [9.17, 15) is 4.79 Å². The van der Waals surface area contributed by atoms with Crippen LogP contribution in [0.15, 0.2) is 48.7 Å². The molecule has 0 aliphatic heterocycles. The molecule has 0 aliphatic carbocycles. The summed E-state index contributed by atoms with van der Waals surface area (Å²) in [7, 11) is 1.89. The van der Waals surface area contributed by atoms with Crippen LogP contribution in [0, 0.1) is 20.8 Å². The summed E-state index contributed by atoms with van der Waals surface area (Å²) in [6, 6.07) is 13.0. The summed E-state index contributed by atoms with van der Waals surface area (Å²) in [4.78, 5) is 12.5. The molecule has 0 spiro atoms. The predicted octanol–water partition coefficient (Wildman–Crippen LogP) is 4.18. The minimum atomic E-state index is -0.131. The molecular formula is C21H23N3O2. The van der Waals surface area contributed by atoms with Crippen molar-refractivity contribution in [1.29, 1.82) is 0 Å². The predicted molar refractivity (Wildman–Crippen MR) is 103 cm³/mol. The zero-order chi connectivity index (χ0) is 18.7. The Hall–Kier alpha value is -3.08. The van der Waals surface area contributed by atoms with Gasteiger partial charge in [-0.15, -0.1) is 0 Å². The van der Waals surface area contributed by atoms with Gasteiger partial charge in [0.1, 0.15) is 12.4 Å². The van der Waals surface area contributed by atoms with Crippen LogP contribution in [-0.2, 0) is 13.7 Å². The van der Waals surface area contributed by atoms with Crippen LogP contribution in [0.5, 0.6) is 5.75 Å². The number of hydrogen-bond donors (Lipinski definition) is 1. The summed E-state index contributed by atoms with van der Waals surface area (Å²) in [6.07, 6.45) is 1.95. The van der Waals surface area contributed by atoms with Crippen LogP contribution in [0.1, 0.15) is 32.7 Å². The lowest BCUT2D eigenvalue weighted by molar-refractivity contribution is 0.102. The fraction of sp³-hybridized carbons (Fsp3) is 0.238. The second-order valence-corrected chi connectivity index (χ2v) is 6.43. The van der Waals surface area contributed by atoms with Gasteiger partial charge in [-0.3, -0.25) is 9.48 Å². The smallest absolute Gasteiger partial charge is 0.255 e. The quantitative estimate of drug-likeness (QED) is 0.752. The highest BCUT2D eigenvalue weighted by Gasteiger charge is 2.09. The molecule has 1 heterocycles. The molecule has 5 heteroatoms. The Balaban J connectivity index is 1.64. The van der Waals surface area contributed by atoms with Gasteiger partial charge in [-0.1, -0.05) is 12.1 Å². The first-order valence-electron chi connectivity index (χ1n) is 8.53. The standard InChI is InChI=1S/C21H23N3O2/c1-14-6-5-7-20(15(14)2)22-21(25)17-8-10-19(11-9-17)26-13-18-12-24(4)23-16(18)3/h5-12H,13H2,1-4H3,(H,22,25). The summed E-state index contributed by atoms with van der Waals surface area (Å²) in [5.74, 6) is 0.588. The summed E-state index contributed by atoms with van der Waals surface area (Å²) in [5.41, 5.74) is 5.66. The molecule has 0 radical (unpaired) electrons. The third kappa shape index (κ3) is 3.94. The van der Waals surface area contributed by atoms with Crippen molar-refractivity contribution in [3.8, 4) is 5.75 Å². The molecule has 1 N–H and O–H groups in total. The van der Waals surface area contributed by atoms with Gasteiger partial charge in [-0.2, -0.15) is 5.10 Å². The minimum Gasteiger partial charge on any atom is -0.489 e. The largest absolute Gasteiger partial charge is 0.489 e. The minimum absolute atomic E-state index is 0.131. The van der Waals surface area contributed by atoms with Crippen LogP contribution in [0.3, 0.4) is 0 Å². The van der Waals surface area contributed by atoms with Crippen molar-refractivity contribution in [2.75, 3.05) is 5.32 Å². The van der Waals surface area contributed by atoms with Crippen molar-refractivity contribution < 1.29 is 9.53 Å². The van der Waals surface area contributed by atoms with E-state index in [1.807, 2.05) is 64.3 Å². The lowest BCUT2D eigenvalue weighted by Gasteiger charge is -2.11. The molecule has 26 heavy (non-hydrogen) atoms. The van der Waals surface area contributed by atoms with E-state index in [2.05, 4.69) is 10.4 Å². The molecule has 0 bridgehead atoms. The van der Waals surface area contributed by atoms with Gasteiger partial charge in [0, 0.05) is 30.1 Å². The topological polar surface area (TPSA) is 56.1 Å². The van der Waals surface area contributed by atoms with Crippen molar-refractivity contribution in [3.63, 3.8) is 0 Å². The van der Waals surface area contributed by atoms with Gasteiger partial charge < -0.3 is 10.1 Å². The average molecular weight is 349 g/mol. The van der Waals surface area contributed by atoms with E-state index < -0.39 is 0 Å². The molecule has 0 atom stereocenters. The molecule has 5 nitrogen and oxygen atoms in total. The molecule has 0 unspecified atom stereocenters. The highest BCUT2D eigenvalue weighted by Crippen LogP contribution is 2.20. The number of amides is 1. The number of hydrogen-bond acceptors (Lipinski definition) is 3. The monoisotopic (exact) mass is 349 g/mol.